The number of aryl methyl sites for hydroxylation is 1. The highest BCUT2D eigenvalue weighted by Gasteiger charge is 2.20. The molecule has 2 rings (SSSR count). The van der Waals surface area contributed by atoms with Gasteiger partial charge in [-0.3, -0.25) is 0 Å². The van der Waals surface area contributed by atoms with Crippen LogP contribution >= 0.6 is 0 Å². The minimum absolute atomic E-state index is 0.160. The Morgan fingerprint density at radius 1 is 1.44 bits per heavy atom. The van der Waals surface area contributed by atoms with E-state index in [9.17, 15) is 8.42 Å². The third-order valence-electron chi connectivity index (χ3n) is 3.25. The molecule has 0 atom stereocenters. The standard InChI is InChI=1S/C11H20N4O2S/c1-2-10-13-8-11(15-10)18(16,17)14-7-9-3-5-12-6-4-9/h8-9,12,14H,2-7H2,1H3,(H,13,15). The number of aromatic amines is 1. The number of sulfonamides is 1. The summed E-state index contributed by atoms with van der Waals surface area (Å²) in [7, 11) is -3.44. The molecule has 3 N–H and O–H groups in total. The van der Waals surface area contributed by atoms with Crippen molar-refractivity contribution < 1.29 is 8.42 Å². The average molecular weight is 272 g/mol. The molecule has 1 aromatic rings. The van der Waals surface area contributed by atoms with E-state index in [1.807, 2.05) is 6.92 Å². The number of hydrogen-bond donors (Lipinski definition) is 3. The van der Waals surface area contributed by atoms with Crippen LogP contribution in [-0.2, 0) is 16.4 Å². The number of nitrogens with zero attached hydrogens (tertiary/aromatic N) is 1. The second-order valence-corrected chi connectivity index (χ2v) is 6.33. The number of H-pyrrole nitrogens is 1. The summed E-state index contributed by atoms with van der Waals surface area (Å²) in [6.07, 6.45) is 4.12. The van der Waals surface area contributed by atoms with Crippen molar-refractivity contribution in [2.24, 2.45) is 5.92 Å². The Kier molecular flexibility index (Phi) is 4.36. The van der Waals surface area contributed by atoms with Crippen LogP contribution in [0.4, 0.5) is 0 Å². The van der Waals surface area contributed by atoms with E-state index in [1.165, 1.54) is 6.20 Å². The van der Waals surface area contributed by atoms with Crippen LogP contribution < -0.4 is 10.0 Å². The number of hydrogen-bond acceptors (Lipinski definition) is 4. The fourth-order valence-electron chi connectivity index (χ4n) is 2.05. The molecule has 1 aliphatic rings. The highest BCUT2D eigenvalue weighted by molar-refractivity contribution is 7.89. The molecule has 0 aliphatic carbocycles. The third kappa shape index (κ3) is 3.30. The molecule has 102 valence electrons. The number of imidazole rings is 1. The molecule has 0 radical (unpaired) electrons. The van der Waals surface area contributed by atoms with E-state index in [0.717, 1.165) is 25.9 Å². The molecule has 1 aromatic heterocycles. The SMILES string of the molecule is CCc1ncc(S(=O)(=O)NCC2CCNCC2)[nH]1. The Balaban J connectivity index is 1.94. The van der Waals surface area contributed by atoms with Crippen LogP contribution in [0.15, 0.2) is 11.2 Å². The summed E-state index contributed by atoms with van der Waals surface area (Å²) in [5.74, 6) is 1.12. The minimum Gasteiger partial charge on any atom is -0.332 e. The molecular formula is C11H20N4O2S. The number of nitrogens with one attached hydrogen (secondary N) is 3. The molecule has 0 amide bonds. The van der Waals surface area contributed by atoms with E-state index in [1.54, 1.807) is 0 Å². The first-order valence-corrected chi connectivity index (χ1v) is 7.84. The molecule has 18 heavy (non-hydrogen) atoms. The van der Waals surface area contributed by atoms with Crippen LogP contribution in [0, 0.1) is 5.92 Å². The summed E-state index contributed by atoms with van der Waals surface area (Å²) in [5, 5.41) is 3.42. The topological polar surface area (TPSA) is 86.9 Å². The van der Waals surface area contributed by atoms with Crippen LogP contribution in [0.3, 0.4) is 0 Å². The summed E-state index contributed by atoms with van der Waals surface area (Å²) in [4.78, 5) is 6.83. The normalized spacial score (nSPS) is 18.1. The van der Waals surface area contributed by atoms with Gasteiger partial charge >= 0.3 is 0 Å². The number of rotatable bonds is 5. The van der Waals surface area contributed by atoms with E-state index in [0.29, 0.717) is 24.7 Å². The lowest BCUT2D eigenvalue weighted by Gasteiger charge is -2.22. The van der Waals surface area contributed by atoms with Gasteiger partial charge in [-0.25, -0.2) is 18.1 Å². The fraction of sp³-hybridized carbons (Fsp3) is 0.727. The Morgan fingerprint density at radius 3 is 2.78 bits per heavy atom. The van der Waals surface area contributed by atoms with Gasteiger partial charge in [0.15, 0.2) is 5.03 Å². The summed E-state index contributed by atoms with van der Waals surface area (Å²) in [6.45, 7) is 4.37. The second kappa shape index (κ2) is 5.81. The molecule has 2 heterocycles. The van der Waals surface area contributed by atoms with E-state index in [4.69, 9.17) is 0 Å². The molecular weight excluding hydrogens is 252 g/mol. The molecule has 7 heteroatoms. The van der Waals surface area contributed by atoms with Crippen molar-refractivity contribution in [2.75, 3.05) is 19.6 Å². The fourth-order valence-corrected chi connectivity index (χ4v) is 3.10. The summed E-state index contributed by atoms with van der Waals surface area (Å²) in [5.41, 5.74) is 0. The molecule has 0 saturated carbocycles. The van der Waals surface area contributed by atoms with Gasteiger partial charge in [-0.15, -0.1) is 0 Å². The lowest BCUT2D eigenvalue weighted by atomic mass is 9.99. The largest absolute Gasteiger partial charge is 0.332 e. The lowest BCUT2D eigenvalue weighted by Crippen LogP contribution is -2.36. The zero-order chi connectivity index (χ0) is 13.0. The molecule has 1 saturated heterocycles. The van der Waals surface area contributed by atoms with Crippen LogP contribution in [0.2, 0.25) is 0 Å². The number of aromatic nitrogens is 2. The van der Waals surface area contributed by atoms with Crippen molar-refractivity contribution in [1.82, 2.24) is 20.0 Å². The van der Waals surface area contributed by atoms with Crippen molar-refractivity contribution in [2.45, 2.75) is 31.2 Å². The second-order valence-electron chi connectivity index (χ2n) is 4.59. The van der Waals surface area contributed by atoms with Crippen LogP contribution in [0.1, 0.15) is 25.6 Å². The van der Waals surface area contributed by atoms with Gasteiger partial charge < -0.3 is 10.3 Å². The Morgan fingerprint density at radius 2 is 2.17 bits per heavy atom. The predicted molar refractivity (Wildman–Crippen MR) is 68.7 cm³/mol. The third-order valence-corrected chi connectivity index (χ3v) is 4.58. The van der Waals surface area contributed by atoms with Crippen molar-refractivity contribution in [3.8, 4) is 0 Å². The van der Waals surface area contributed by atoms with Crippen molar-refractivity contribution in [3.05, 3.63) is 12.0 Å². The Bertz CT molecular complexity index is 477. The zero-order valence-electron chi connectivity index (χ0n) is 10.6. The number of piperidine rings is 1. The van der Waals surface area contributed by atoms with E-state index >= 15 is 0 Å². The predicted octanol–water partition coefficient (Wildman–Crippen LogP) is 0.250. The van der Waals surface area contributed by atoms with Gasteiger partial charge in [0, 0.05) is 13.0 Å². The molecule has 0 aromatic carbocycles. The van der Waals surface area contributed by atoms with Gasteiger partial charge in [0.25, 0.3) is 10.0 Å². The van der Waals surface area contributed by atoms with Crippen molar-refractivity contribution in [3.63, 3.8) is 0 Å². The van der Waals surface area contributed by atoms with E-state index in [-0.39, 0.29) is 5.03 Å². The summed E-state index contributed by atoms with van der Waals surface area (Å²) >= 11 is 0. The van der Waals surface area contributed by atoms with Crippen LogP contribution in [-0.4, -0.2) is 38.0 Å². The smallest absolute Gasteiger partial charge is 0.257 e. The monoisotopic (exact) mass is 272 g/mol. The molecule has 0 unspecified atom stereocenters. The molecule has 0 spiro atoms. The van der Waals surface area contributed by atoms with Gasteiger partial charge in [0.2, 0.25) is 0 Å². The maximum atomic E-state index is 12.0. The maximum Gasteiger partial charge on any atom is 0.257 e. The Hall–Kier alpha value is -0.920. The molecule has 0 bridgehead atoms. The van der Waals surface area contributed by atoms with Crippen LogP contribution in [0.25, 0.3) is 0 Å². The van der Waals surface area contributed by atoms with Gasteiger partial charge in [-0.05, 0) is 31.8 Å². The molecule has 1 fully saturated rings. The van der Waals surface area contributed by atoms with Crippen molar-refractivity contribution >= 4 is 10.0 Å². The van der Waals surface area contributed by atoms with Crippen LogP contribution in [0.5, 0.6) is 0 Å². The van der Waals surface area contributed by atoms with Gasteiger partial charge in [0.1, 0.15) is 5.82 Å². The first-order valence-electron chi connectivity index (χ1n) is 6.36. The summed E-state index contributed by atoms with van der Waals surface area (Å²) < 4.78 is 26.7. The average Bonchev–Trinajstić information content (AvgIpc) is 2.87. The van der Waals surface area contributed by atoms with Crippen molar-refractivity contribution in [1.29, 1.82) is 0 Å². The zero-order valence-corrected chi connectivity index (χ0v) is 11.4. The van der Waals surface area contributed by atoms with Gasteiger partial charge in [-0.2, -0.15) is 0 Å². The quantitative estimate of drug-likeness (QED) is 0.717. The first-order chi connectivity index (χ1) is 8.62. The molecule has 6 nitrogen and oxygen atoms in total. The Labute approximate surface area is 108 Å². The maximum absolute atomic E-state index is 12.0. The van der Waals surface area contributed by atoms with Gasteiger partial charge in [0.05, 0.1) is 6.20 Å². The minimum atomic E-state index is -3.44. The van der Waals surface area contributed by atoms with E-state index < -0.39 is 10.0 Å². The lowest BCUT2D eigenvalue weighted by molar-refractivity contribution is 0.372. The summed E-state index contributed by atoms with van der Waals surface area (Å²) in [6, 6.07) is 0. The first kappa shape index (κ1) is 13.5. The highest BCUT2D eigenvalue weighted by Crippen LogP contribution is 2.12. The molecule has 1 aliphatic heterocycles. The van der Waals surface area contributed by atoms with Gasteiger partial charge in [-0.1, -0.05) is 6.92 Å². The van der Waals surface area contributed by atoms with E-state index in [2.05, 4.69) is 20.0 Å². The highest BCUT2D eigenvalue weighted by atomic mass is 32.2.